The standard InChI is InChI=1S/C16H18FN/c1-12(2)14-8-6-13(7-9-14)11-18-16-5-3-4-15(17)10-16/h3-10,12,18H,11H2,1-2H3. The molecule has 0 saturated carbocycles. The van der Waals surface area contributed by atoms with E-state index in [1.807, 2.05) is 6.07 Å². The van der Waals surface area contributed by atoms with Crippen LogP contribution in [0.4, 0.5) is 10.1 Å². The van der Waals surface area contributed by atoms with Crippen LogP contribution >= 0.6 is 0 Å². The molecular weight excluding hydrogens is 225 g/mol. The zero-order valence-corrected chi connectivity index (χ0v) is 10.8. The summed E-state index contributed by atoms with van der Waals surface area (Å²) in [6.45, 7) is 5.07. The number of anilines is 1. The Morgan fingerprint density at radius 3 is 2.39 bits per heavy atom. The number of nitrogens with one attached hydrogen (secondary N) is 1. The van der Waals surface area contributed by atoms with E-state index in [1.165, 1.54) is 23.3 Å². The van der Waals surface area contributed by atoms with Crippen LogP contribution in [0.3, 0.4) is 0 Å². The Hall–Kier alpha value is -1.83. The quantitative estimate of drug-likeness (QED) is 0.830. The molecule has 0 amide bonds. The van der Waals surface area contributed by atoms with Gasteiger partial charge in [0.1, 0.15) is 5.82 Å². The van der Waals surface area contributed by atoms with Gasteiger partial charge in [-0.15, -0.1) is 0 Å². The summed E-state index contributed by atoms with van der Waals surface area (Å²) >= 11 is 0. The Kier molecular flexibility index (Phi) is 3.98. The third-order valence-corrected chi connectivity index (χ3v) is 2.97. The van der Waals surface area contributed by atoms with Crippen molar-refractivity contribution in [1.82, 2.24) is 0 Å². The first-order chi connectivity index (χ1) is 8.65. The largest absolute Gasteiger partial charge is 0.381 e. The van der Waals surface area contributed by atoms with Crippen LogP contribution in [0.2, 0.25) is 0 Å². The lowest BCUT2D eigenvalue weighted by atomic mass is 10.0. The zero-order valence-electron chi connectivity index (χ0n) is 10.8. The van der Waals surface area contributed by atoms with Crippen molar-refractivity contribution in [1.29, 1.82) is 0 Å². The average Bonchev–Trinajstić information content (AvgIpc) is 2.37. The topological polar surface area (TPSA) is 12.0 Å². The van der Waals surface area contributed by atoms with Crippen molar-refractivity contribution in [2.24, 2.45) is 0 Å². The zero-order chi connectivity index (χ0) is 13.0. The molecule has 0 aliphatic rings. The fourth-order valence-corrected chi connectivity index (χ4v) is 1.82. The highest BCUT2D eigenvalue weighted by atomic mass is 19.1. The summed E-state index contributed by atoms with van der Waals surface area (Å²) < 4.78 is 13.0. The molecule has 0 atom stereocenters. The Bertz CT molecular complexity index is 503. The first-order valence-electron chi connectivity index (χ1n) is 6.23. The molecule has 1 N–H and O–H groups in total. The maximum Gasteiger partial charge on any atom is 0.125 e. The summed E-state index contributed by atoms with van der Waals surface area (Å²) in [6.07, 6.45) is 0. The van der Waals surface area contributed by atoms with E-state index in [-0.39, 0.29) is 5.82 Å². The van der Waals surface area contributed by atoms with E-state index >= 15 is 0 Å². The van der Waals surface area contributed by atoms with Crippen molar-refractivity contribution < 1.29 is 4.39 Å². The van der Waals surface area contributed by atoms with Crippen molar-refractivity contribution >= 4 is 5.69 Å². The summed E-state index contributed by atoms with van der Waals surface area (Å²) in [6, 6.07) is 15.0. The second-order valence-corrected chi connectivity index (χ2v) is 4.76. The molecule has 2 rings (SSSR count). The second kappa shape index (κ2) is 5.67. The van der Waals surface area contributed by atoms with E-state index < -0.39 is 0 Å². The van der Waals surface area contributed by atoms with Gasteiger partial charge in [-0.25, -0.2) is 4.39 Å². The molecule has 1 nitrogen and oxygen atoms in total. The summed E-state index contributed by atoms with van der Waals surface area (Å²) in [4.78, 5) is 0. The van der Waals surface area contributed by atoms with Gasteiger partial charge in [0.25, 0.3) is 0 Å². The molecule has 2 heteroatoms. The lowest BCUT2D eigenvalue weighted by Crippen LogP contribution is -2.00. The molecule has 0 heterocycles. The normalized spacial score (nSPS) is 10.7. The van der Waals surface area contributed by atoms with Gasteiger partial charge in [-0.1, -0.05) is 44.2 Å². The predicted octanol–water partition coefficient (Wildman–Crippen LogP) is 4.56. The Morgan fingerprint density at radius 2 is 1.78 bits per heavy atom. The molecular formula is C16H18FN. The van der Waals surface area contributed by atoms with Crippen LogP contribution in [0.15, 0.2) is 48.5 Å². The van der Waals surface area contributed by atoms with Gasteiger partial charge in [-0.05, 0) is 35.2 Å². The molecule has 0 saturated heterocycles. The van der Waals surface area contributed by atoms with Crippen LogP contribution < -0.4 is 5.32 Å². The lowest BCUT2D eigenvalue weighted by Gasteiger charge is -2.09. The van der Waals surface area contributed by atoms with E-state index in [4.69, 9.17) is 0 Å². The van der Waals surface area contributed by atoms with Gasteiger partial charge < -0.3 is 5.32 Å². The van der Waals surface area contributed by atoms with Crippen molar-refractivity contribution in [2.45, 2.75) is 26.3 Å². The van der Waals surface area contributed by atoms with Crippen molar-refractivity contribution in [2.75, 3.05) is 5.32 Å². The predicted molar refractivity (Wildman–Crippen MR) is 74.3 cm³/mol. The SMILES string of the molecule is CC(C)c1ccc(CNc2cccc(F)c2)cc1. The average molecular weight is 243 g/mol. The summed E-state index contributed by atoms with van der Waals surface area (Å²) in [5, 5.41) is 3.21. The molecule has 94 valence electrons. The van der Waals surface area contributed by atoms with Crippen LogP contribution in [0.5, 0.6) is 0 Å². The summed E-state index contributed by atoms with van der Waals surface area (Å²) in [5.74, 6) is 0.338. The highest BCUT2D eigenvalue weighted by molar-refractivity contribution is 5.43. The lowest BCUT2D eigenvalue weighted by molar-refractivity contribution is 0.628. The van der Waals surface area contributed by atoms with Crippen LogP contribution in [-0.2, 0) is 6.54 Å². The molecule has 0 aromatic heterocycles. The molecule has 0 radical (unpaired) electrons. The third kappa shape index (κ3) is 3.33. The molecule has 0 unspecified atom stereocenters. The van der Waals surface area contributed by atoms with Crippen molar-refractivity contribution in [3.05, 3.63) is 65.5 Å². The van der Waals surface area contributed by atoms with Gasteiger partial charge >= 0.3 is 0 Å². The molecule has 0 fully saturated rings. The Labute approximate surface area is 108 Å². The van der Waals surface area contributed by atoms with Crippen molar-refractivity contribution in [3.63, 3.8) is 0 Å². The molecule has 18 heavy (non-hydrogen) atoms. The van der Waals surface area contributed by atoms with Gasteiger partial charge in [-0.2, -0.15) is 0 Å². The minimum absolute atomic E-state index is 0.213. The number of halogens is 1. The van der Waals surface area contributed by atoms with Gasteiger partial charge in [-0.3, -0.25) is 0 Å². The van der Waals surface area contributed by atoms with Gasteiger partial charge in [0.05, 0.1) is 0 Å². The first kappa shape index (κ1) is 12.6. The molecule has 2 aromatic carbocycles. The van der Waals surface area contributed by atoms with E-state index in [0.717, 1.165) is 5.69 Å². The maximum atomic E-state index is 13.0. The van der Waals surface area contributed by atoms with Crippen LogP contribution in [-0.4, -0.2) is 0 Å². The smallest absolute Gasteiger partial charge is 0.125 e. The number of hydrogen-bond acceptors (Lipinski definition) is 1. The van der Waals surface area contributed by atoms with E-state index in [9.17, 15) is 4.39 Å². The highest BCUT2D eigenvalue weighted by Crippen LogP contribution is 2.16. The van der Waals surface area contributed by atoms with Gasteiger partial charge in [0, 0.05) is 12.2 Å². The van der Waals surface area contributed by atoms with Crippen molar-refractivity contribution in [3.8, 4) is 0 Å². The minimum Gasteiger partial charge on any atom is -0.381 e. The summed E-state index contributed by atoms with van der Waals surface area (Å²) in [7, 11) is 0. The number of hydrogen-bond donors (Lipinski definition) is 1. The number of benzene rings is 2. The summed E-state index contributed by atoms with van der Waals surface area (Å²) in [5.41, 5.74) is 3.34. The van der Waals surface area contributed by atoms with Gasteiger partial charge in [0.2, 0.25) is 0 Å². The van der Waals surface area contributed by atoms with Crippen LogP contribution in [0, 0.1) is 5.82 Å². The second-order valence-electron chi connectivity index (χ2n) is 4.76. The molecule has 0 spiro atoms. The number of rotatable bonds is 4. The van der Waals surface area contributed by atoms with E-state index in [0.29, 0.717) is 12.5 Å². The monoisotopic (exact) mass is 243 g/mol. The van der Waals surface area contributed by atoms with Gasteiger partial charge in [0.15, 0.2) is 0 Å². The molecule has 0 aliphatic heterocycles. The van der Waals surface area contributed by atoms with Crippen LogP contribution in [0.25, 0.3) is 0 Å². The molecule has 0 bridgehead atoms. The fraction of sp³-hybridized carbons (Fsp3) is 0.250. The maximum absolute atomic E-state index is 13.0. The molecule has 0 aliphatic carbocycles. The Balaban J connectivity index is 1.98. The first-order valence-corrected chi connectivity index (χ1v) is 6.23. The fourth-order valence-electron chi connectivity index (χ4n) is 1.82. The van der Waals surface area contributed by atoms with E-state index in [2.05, 4.69) is 43.4 Å². The minimum atomic E-state index is -0.213. The Morgan fingerprint density at radius 1 is 1.06 bits per heavy atom. The highest BCUT2D eigenvalue weighted by Gasteiger charge is 1.99. The van der Waals surface area contributed by atoms with E-state index in [1.54, 1.807) is 6.07 Å². The molecule has 2 aromatic rings. The third-order valence-electron chi connectivity index (χ3n) is 2.97. The van der Waals surface area contributed by atoms with Crippen LogP contribution in [0.1, 0.15) is 30.9 Å².